The third kappa shape index (κ3) is 3.34. The van der Waals surface area contributed by atoms with E-state index in [2.05, 4.69) is 10.2 Å². The fourth-order valence-electron chi connectivity index (χ4n) is 5.16. The summed E-state index contributed by atoms with van der Waals surface area (Å²) in [6, 6.07) is 18.0. The van der Waals surface area contributed by atoms with Gasteiger partial charge in [-0.3, -0.25) is 18.8 Å². The Labute approximate surface area is 200 Å². The fourth-order valence-corrected chi connectivity index (χ4v) is 5.68. The summed E-state index contributed by atoms with van der Waals surface area (Å²) in [6.07, 6.45) is 4.90. The molecule has 1 unspecified atom stereocenters. The molecule has 8 nitrogen and oxygen atoms in total. The Balaban J connectivity index is 1.46. The van der Waals surface area contributed by atoms with Crippen molar-refractivity contribution in [2.24, 2.45) is 4.99 Å². The average Bonchev–Trinajstić information content (AvgIpc) is 3.52. The lowest BCUT2D eigenvalue weighted by atomic mass is 10.1. The van der Waals surface area contributed by atoms with Crippen molar-refractivity contribution in [3.63, 3.8) is 0 Å². The second-order valence-electron chi connectivity index (χ2n) is 9.02. The Morgan fingerprint density at radius 1 is 1.09 bits per heavy atom. The molecule has 174 valence electrons. The van der Waals surface area contributed by atoms with Gasteiger partial charge in [-0.25, -0.2) is 9.67 Å². The van der Waals surface area contributed by atoms with Crippen molar-refractivity contribution in [2.75, 3.05) is 23.5 Å². The summed E-state index contributed by atoms with van der Waals surface area (Å²) in [5.41, 5.74) is 2.47. The highest BCUT2D eigenvalue weighted by atomic mass is 32.2. The molecule has 2 aromatic carbocycles. The van der Waals surface area contributed by atoms with Crippen LogP contribution in [0, 0.1) is 0 Å². The number of hydrogen-bond donors (Lipinski definition) is 1. The first kappa shape index (κ1) is 21.1. The van der Waals surface area contributed by atoms with Gasteiger partial charge in [0.2, 0.25) is 5.96 Å². The molecule has 1 saturated carbocycles. The lowest BCUT2D eigenvalue weighted by molar-refractivity contribution is 0.0866. The first-order valence-electron chi connectivity index (χ1n) is 11.5. The number of anilines is 3. The monoisotopic (exact) mass is 474 g/mol. The van der Waals surface area contributed by atoms with Gasteiger partial charge < -0.3 is 5.32 Å². The zero-order valence-electron chi connectivity index (χ0n) is 19.1. The molecule has 0 radical (unpaired) electrons. The van der Waals surface area contributed by atoms with Crippen LogP contribution in [0.2, 0.25) is 0 Å². The molecular formula is C25H26N6O2S. The Bertz CT molecular complexity index is 1320. The molecule has 1 N–H and O–H groups in total. The zero-order valence-corrected chi connectivity index (χ0v) is 20.0. The summed E-state index contributed by atoms with van der Waals surface area (Å²) < 4.78 is 13.7. The van der Waals surface area contributed by atoms with Crippen LogP contribution in [-0.2, 0) is 17.3 Å². The molecule has 1 aromatic heterocycles. The van der Waals surface area contributed by atoms with E-state index in [0.29, 0.717) is 29.7 Å². The number of aromatic nitrogens is 2. The SMILES string of the molecule is CN1C(=O)c2c(nn(Cc3ccc(S(C)=O)cc3)c2Nc2ccccc2)N2C1=N[C@@H]1CCC[C@@H]12. The Hall–Kier alpha value is -3.46. The molecule has 3 heterocycles. The van der Waals surface area contributed by atoms with Gasteiger partial charge in [-0.2, -0.15) is 5.10 Å². The average molecular weight is 475 g/mol. The van der Waals surface area contributed by atoms with Gasteiger partial charge >= 0.3 is 0 Å². The Morgan fingerprint density at radius 2 is 1.85 bits per heavy atom. The molecule has 1 fully saturated rings. The lowest BCUT2D eigenvalue weighted by Gasteiger charge is -2.34. The van der Waals surface area contributed by atoms with Crippen LogP contribution in [0.1, 0.15) is 35.2 Å². The zero-order chi connectivity index (χ0) is 23.4. The van der Waals surface area contributed by atoms with E-state index in [0.717, 1.165) is 35.4 Å². The Kier molecular flexibility index (Phi) is 5.02. The van der Waals surface area contributed by atoms with Crippen molar-refractivity contribution in [1.82, 2.24) is 14.7 Å². The van der Waals surface area contributed by atoms with E-state index in [9.17, 15) is 9.00 Å². The van der Waals surface area contributed by atoms with Crippen molar-refractivity contribution >= 4 is 40.0 Å². The second-order valence-corrected chi connectivity index (χ2v) is 10.4. The maximum atomic E-state index is 13.6. The first-order chi connectivity index (χ1) is 16.5. The minimum Gasteiger partial charge on any atom is -0.340 e. The number of amides is 1. The van der Waals surface area contributed by atoms with Crippen LogP contribution in [0.4, 0.5) is 17.3 Å². The largest absolute Gasteiger partial charge is 0.340 e. The third-order valence-electron chi connectivity index (χ3n) is 6.88. The van der Waals surface area contributed by atoms with Gasteiger partial charge in [-0.05, 0) is 49.1 Å². The highest BCUT2D eigenvalue weighted by Gasteiger charge is 2.49. The number of guanidine groups is 1. The van der Waals surface area contributed by atoms with Gasteiger partial charge in [0.15, 0.2) is 5.82 Å². The maximum Gasteiger partial charge on any atom is 0.267 e. The van der Waals surface area contributed by atoms with Crippen LogP contribution in [0.15, 0.2) is 64.5 Å². The van der Waals surface area contributed by atoms with E-state index in [1.165, 1.54) is 0 Å². The van der Waals surface area contributed by atoms with E-state index in [1.54, 1.807) is 18.2 Å². The highest BCUT2D eigenvalue weighted by molar-refractivity contribution is 7.84. The minimum absolute atomic E-state index is 0.105. The van der Waals surface area contributed by atoms with E-state index in [4.69, 9.17) is 10.1 Å². The van der Waals surface area contributed by atoms with Gasteiger partial charge in [0.1, 0.15) is 11.4 Å². The summed E-state index contributed by atoms with van der Waals surface area (Å²) in [7, 11) is 0.769. The lowest BCUT2D eigenvalue weighted by Crippen LogP contribution is -2.51. The third-order valence-corrected chi connectivity index (χ3v) is 7.81. The molecule has 0 saturated heterocycles. The smallest absolute Gasteiger partial charge is 0.267 e. The van der Waals surface area contributed by atoms with E-state index < -0.39 is 10.8 Å². The standard InChI is InChI=1S/C25H26N6O2S/c1-29-24(32)21-22(26-17-7-4-3-5-8-17)30(15-16-11-13-18(14-12-16)34(2)33)28-23(21)31-20-10-6-9-19(20)27-25(29)31/h3-5,7-8,11-14,19-20,26H,6,9-10,15H2,1-2H3/t19-,20+,34?/m1/s1. The number of carbonyl (C=O) groups excluding carboxylic acids is 1. The molecule has 3 aliphatic rings. The quantitative estimate of drug-likeness (QED) is 0.611. The molecule has 1 aliphatic carbocycles. The number of aliphatic imine (C=N–C) groups is 1. The molecule has 3 aromatic rings. The predicted octanol–water partition coefficient (Wildman–Crippen LogP) is 3.60. The first-order valence-corrected chi connectivity index (χ1v) is 13.1. The Morgan fingerprint density at radius 3 is 2.59 bits per heavy atom. The van der Waals surface area contributed by atoms with Crippen LogP contribution in [-0.4, -0.2) is 56.1 Å². The predicted molar refractivity (Wildman–Crippen MR) is 133 cm³/mol. The number of nitrogens with zero attached hydrogens (tertiary/aromatic N) is 5. The molecular weight excluding hydrogens is 448 g/mol. The number of para-hydroxylation sites is 1. The molecule has 34 heavy (non-hydrogen) atoms. The highest BCUT2D eigenvalue weighted by Crippen LogP contribution is 2.42. The van der Waals surface area contributed by atoms with Crippen molar-refractivity contribution < 1.29 is 9.00 Å². The molecule has 9 heteroatoms. The number of hydrogen-bond acceptors (Lipinski definition) is 6. The minimum atomic E-state index is -1.03. The molecule has 3 atom stereocenters. The van der Waals surface area contributed by atoms with Crippen LogP contribution < -0.4 is 10.2 Å². The van der Waals surface area contributed by atoms with Crippen LogP contribution in [0.25, 0.3) is 0 Å². The van der Waals surface area contributed by atoms with Crippen molar-refractivity contribution in [3.05, 3.63) is 65.7 Å². The van der Waals surface area contributed by atoms with Gasteiger partial charge in [0.05, 0.1) is 18.6 Å². The van der Waals surface area contributed by atoms with Gasteiger partial charge in [0, 0.05) is 34.7 Å². The van der Waals surface area contributed by atoms with Gasteiger partial charge in [0.25, 0.3) is 5.91 Å². The van der Waals surface area contributed by atoms with E-state index in [-0.39, 0.29) is 18.0 Å². The van der Waals surface area contributed by atoms with Crippen LogP contribution in [0.3, 0.4) is 0 Å². The normalized spacial score (nSPS) is 21.7. The maximum absolute atomic E-state index is 13.6. The summed E-state index contributed by atoms with van der Waals surface area (Å²) in [6.45, 7) is 0.476. The fraction of sp³-hybridized carbons (Fsp3) is 0.320. The van der Waals surface area contributed by atoms with Crippen LogP contribution in [0.5, 0.6) is 0 Å². The van der Waals surface area contributed by atoms with Crippen molar-refractivity contribution in [1.29, 1.82) is 0 Å². The summed E-state index contributed by atoms with van der Waals surface area (Å²) in [4.78, 5) is 23.1. The molecule has 2 aliphatic heterocycles. The van der Waals surface area contributed by atoms with Crippen LogP contribution >= 0.6 is 0 Å². The van der Waals surface area contributed by atoms with Crippen molar-refractivity contribution in [2.45, 2.75) is 42.8 Å². The number of carbonyl (C=O) groups is 1. The number of nitrogens with one attached hydrogen (secondary N) is 1. The second kappa shape index (κ2) is 8.09. The summed E-state index contributed by atoms with van der Waals surface area (Å²) in [5.74, 6) is 1.95. The number of rotatable bonds is 5. The number of benzene rings is 2. The van der Waals surface area contributed by atoms with E-state index in [1.807, 2.05) is 59.3 Å². The molecule has 0 bridgehead atoms. The molecule has 1 amide bonds. The van der Waals surface area contributed by atoms with Gasteiger partial charge in [-0.15, -0.1) is 0 Å². The molecule has 0 spiro atoms. The van der Waals surface area contributed by atoms with E-state index >= 15 is 0 Å². The topological polar surface area (TPSA) is 82.8 Å². The number of fused-ring (bicyclic) bond motifs is 5. The summed E-state index contributed by atoms with van der Waals surface area (Å²) in [5, 5.41) is 8.44. The molecule has 6 rings (SSSR count). The summed E-state index contributed by atoms with van der Waals surface area (Å²) >= 11 is 0. The van der Waals surface area contributed by atoms with Gasteiger partial charge in [-0.1, -0.05) is 30.3 Å². The van der Waals surface area contributed by atoms with Crippen molar-refractivity contribution in [3.8, 4) is 0 Å².